The molecule has 0 aromatic carbocycles. The molecule has 0 amide bonds. The van der Waals surface area contributed by atoms with Crippen molar-refractivity contribution >= 4 is 23.1 Å². The molecule has 4 aliphatic rings. The Balaban J connectivity index is 0.000000300. The molecule has 4 atom stereocenters. The SMILES string of the molecule is C=C(C)C1CCC(C)=CC1C1=C(O)C(NCCC(C)C)=C(CCC)C(=O)C1=O.C=C(C)C1CCC(C)=CC1C1=C(O)C(NCCCCC)=C(CCC)C(=O)C1=O. The molecule has 56 heavy (non-hydrogen) atoms. The van der Waals surface area contributed by atoms with Crippen LogP contribution in [0.1, 0.15) is 139 Å². The first-order valence-corrected chi connectivity index (χ1v) is 21.2. The number of nitrogens with one attached hydrogen (secondary N) is 2. The van der Waals surface area contributed by atoms with E-state index < -0.39 is 23.1 Å². The molecule has 4 rings (SSSR count). The molecule has 0 radical (unpaired) electrons. The second kappa shape index (κ2) is 21.4. The van der Waals surface area contributed by atoms with E-state index in [9.17, 15) is 29.4 Å². The summed E-state index contributed by atoms with van der Waals surface area (Å²) in [5.74, 6) is -2.10. The largest absolute Gasteiger partial charge is 0.505 e. The molecule has 0 bridgehead atoms. The number of ketones is 4. The molecule has 8 heteroatoms. The Morgan fingerprint density at radius 1 is 0.679 bits per heavy atom. The third kappa shape index (κ3) is 11.0. The maximum Gasteiger partial charge on any atom is 0.233 e. The van der Waals surface area contributed by atoms with Crippen LogP contribution in [0.2, 0.25) is 0 Å². The lowest BCUT2D eigenvalue weighted by Gasteiger charge is -2.34. The Bertz CT molecular complexity index is 1740. The Labute approximate surface area is 337 Å². The second-order valence-corrected chi connectivity index (χ2v) is 16.9. The van der Waals surface area contributed by atoms with E-state index in [0.717, 1.165) is 75.4 Å². The van der Waals surface area contributed by atoms with Crippen LogP contribution in [0.25, 0.3) is 0 Å². The van der Waals surface area contributed by atoms with Gasteiger partial charge in [-0.25, -0.2) is 0 Å². The summed E-state index contributed by atoms with van der Waals surface area (Å²) in [4.78, 5) is 51.9. The van der Waals surface area contributed by atoms with Gasteiger partial charge in [-0.15, -0.1) is 0 Å². The Morgan fingerprint density at radius 2 is 1.09 bits per heavy atom. The minimum Gasteiger partial charge on any atom is -0.505 e. The third-order valence-corrected chi connectivity index (χ3v) is 11.6. The standard InChI is InChI=1S/2C24H35NO3/c1-7-8-18-21(25-12-11-14(2)3)23(27)20(24(28)22(18)26)19-13-16(6)9-10-17(19)15(4)5;1-6-8-9-13-25-21-18(10-7-2)22(26)24(28)20(23(21)27)19-14-16(5)11-12-17(19)15(3)4/h13-14,17,19,25,27H,4,7-12H2,1-3,5-6H3;14,17,19,25,27H,3,6-13H2,1-2,4-5H3. The zero-order valence-electron chi connectivity index (χ0n) is 35.9. The van der Waals surface area contributed by atoms with Crippen molar-refractivity contribution in [1.29, 1.82) is 0 Å². The topological polar surface area (TPSA) is 133 Å². The maximum absolute atomic E-state index is 13.0. The summed E-state index contributed by atoms with van der Waals surface area (Å²) in [6, 6.07) is 0. The van der Waals surface area contributed by atoms with Gasteiger partial charge in [-0.3, -0.25) is 19.2 Å². The highest BCUT2D eigenvalue weighted by molar-refractivity contribution is 6.51. The van der Waals surface area contributed by atoms with Crippen molar-refractivity contribution < 1.29 is 29.4 Å². The molecule has 0 saturated carbocycles. The molecule has 0 heterocycles. The van der Waals surface area contributed by atoms with E-state index in [4.69, 9.17) is 0 Å². The number of hydrogen-bond donors (Lipinski definition) is 4. The first-order chi connectivity index (χ1) is 26.5. The maximum atomic E-state index is 13.0. The lowest BCUT2D eigenvalue weighted by Crippen LogP contribution is -2.36. The number of allylic oxidation sites excluding steroid dienone is 10. The van der Waals surface area contributed by atoms with Gasteiger partial charge in [0.2, 0.25) is 23.1 Å². The Kier molecular flexibility index (Phi) is 17.6. The molecular weight excluding hydrogens is 701 g/mol. The quantitative estimate of drug-likeness (QED) is 0.0497. The molecule has 0 aliphatic heterocycles. The molecule has 0 saturated heterocycles. The molecule has 4 N–H and O–H groups in total. The van der Waals surface area contributed by atoms with Crippen LogP contribution in [0.4, 0.5) is 0 Å². The van der Waals surface area contributed by atoms with Gasteiger partial charge in [-0.1, -0.05) is 108 Å². The summed E-state index contributed by atoms with van der Waals surface area (Å²) in [6.07, 6.45) is 14.2. The monoisotopic (exact) mass is 771 g/mol. The van der Waals surface area contributed by atoms with Gasteiger partial charge in [0, 0.05) is 36.1 Å². The van der Waals surface area contributed by atoms with E-state index in [1.54, 1.807) is 0 Å². The fourth-order valence-corrected chi connectivity index (χ4v) is 8.38. The minimum absolute atomic E-state index is 0.0354. The van der Waals surface area contributed by atoms with Crippen LogP contribution >= 0.6 is 0 Å². The molecule has 0 aromatic heterocycles. The van der Waals surface area contributed by atoms with Crippen LogP contribution in [0.3, 0.4) is 0 Å². The number of aliphatic hydroxyl groups excluding tert-OH is 2. The average molecular weight is 771 g/mol. The lowest BCUT2D eigenvalue weighted by atomic mass is 9.70. The molecule has 4 aliphatic carbocycles. The predicted octanol–water partition coefficient (Wildman–Crippen LogP) is 10.5. The van der Waals surface area contributed by atoms with Crippen molar-refractivity contribution in [2.75, 3.05) is 13.1 Å². The average Bonchev–Trinajstić information content (AvgIpc) is 3.13. The van der Waals surface area contributed by atoms with Gasteiger partial charge in [0.25, 0.3) is 0 Å². The second-order valence-electron chi connectivity index (χ2n) is 16.9. The van der Waals surface area contributed by atoms with E-state index >= 15 is 0 Å². The van der Waals surface area contributed by atoms with Gasteiger partial charge in [0.05, 0.1) is 22.5 Å². The third-order valence-electron chi connectivity index (χ3n) is 11.6. The van der Waals surface area contributed by atoms with Gasteiger partial charge in [0.1, 0.15) is 11.5 Å². The summed E-state index contributed by atoms with van der Waals surface area (Å²) < 4.78 is 0. The predicted molar refractivity (Wildman–Crippen MR) is 228 cm³/mol. The van der Waals surface area contributed by atoms with Crippen molar-refractivity contribution in [2.24, 2.45) is 29.6 Å². The van der Waals surface area contributed by atoms with Crippen LogP contribution in [0.15, 0.2) is 92.8 Å². The highest BCUT2D eigenvalue weighted by atomic mass is 16.3. The number of carbonyl (C=O) groups is 4. The van der Waals surface area contributed by atoms with Crippen molar-refractivity contribution in [1.82, 2.24) is 10.6 Å². The van der Waals surface area contributed by atoms with Gasteiger partial charge in [-0.05, 0) is 96.8 Å². The molecule has 4 unspecified atom stereocenters. The zero-order valence-corrected chi connectivity index (χ0v) is 35.9. The summed E-state index contributed by atoms with van der Waals surface area (Å²) in [6.45, 7) is 27.9. The van der Waals surface area contributed by atoms with Crippen molar-refractivity contribution in [3.8, 4) is 0 Å². The highest BCUT2D eigenvalue weighted by Gasteiger charge is 2.42. The van der Waals surface area contributed by atoms with Crippen LogP contribution in [0, 0.1) is 29.6 Å². The molecule has 0 spiro atoms. The fraction of sp³-hybridized carbons (Fsp3) is 0.583. The minimum atomic E-state index is -0.558. The van der Waals surface area contributed by atoms with Gasteiger partial charge >= 0.3 is 0 Å². The van der Waals surface area contributed by atoms with Crippen molar-refractivity contribution in [3.63, 3.8) is 0 Å². The van der Waals surface area contributed by atoms with Gasteiger partial charge in [0.15, 0.2) is 0 Å². The van der Waals surface area contributed by atoms with E-state index in [2.05, 4.69) is 44.6 Å². The van der Waals surface area contributed by atoms with Crippen LogP contribution in [-0.4, -0.2) is 46.4 Å². The van der Waals surface area contributed by atoms with Crippen LogP contribution < -0.4 is 10.6 Å². The van der Waals surface area contributed by atoms with E-state index in [1.165, 1.54) is 11.1 Å². The van der Waals surface area contributed by atoms with E-state index in [-0.39, 0.29) is 46.3 Å². The van der Waals surface area contributed by atoms with Gasteiger partial charge < -0.3 is 20.8 Å². The molecule has 0 aromatic rings. The summed E-state index contributed by atoms with van der Waals surface area (Å²) in [5, 5.41) is 28.8. The highest BCUT2D eigenvalue weighted by Crippen LogP contribution is 2.43. The number of rotatable bonds is 17. The van der Waals surface area contributed by atoms with Crippen molar-refractivity contribution in [2.45, 2.75) is 139 Å². The lowest BCUT2D eigenvalue weighted by molar-refractivity contribution is -0.133. The summed E-state index contributed by atoms with van der Waals surface area (Å²) in [5.41, 5.74) is 6.58. The summed E-state index contributed by atoms with van der Waals surface area (Å²) in [7, 11) is 0. The van der Waals surface area contributed by atoms with E-state index in [0.29, 0.717) is 54.4 Å². The normalized spacial score (nSPS) is 23.3. The number of unbranched alkanes of at least 4 members (excludes halogenated alkanes) is 2. The first-order valence-electron chi connectivity index (χ1n) is 21.2. The number of hydrogen-bond acceptors (Lipinski definition) is 8. The number of Topliss-reactive ketones (excluding diaryl/α,β-unsaturated/α-hetero) is 4. The van der Waals surface area contributed by atoms with Crippen LogP contribution in [-0.2, 0) is 19.2 Å². The Morgan fingerprint density at radius 3 is 1.45 bits per heavy atom. The van der Waals surface area contributed by atoms with E-state index in [1.807, 2.05) is 53.7 Å². The van der Waals surface area contributed by atoms with Crippen molar-refractivity contribution in [3.05, 3.63) is 92.8 Å². The smallest absolute Gasteiger partial charge is 0.233 e. The fourth-order valence-electron chi connectivity index (χ4n) is 8.38. The van der Waals surface area contributed by atoms with Crippen LogP contribution in [0.5, 0.6) is 0 Å². The molecule has 8 nitrogen and oxygen atoms in total. The number of aliphatic hydroxyl groups is 2. The van der Waals surface area contributed by atoms with Gasteiger partial charge in [-0.2, -0.15) is 0 Å². The molecule has 0 fully saturated rings. The number of carbonyl (C=O) groups excluding carboxylic acids is 4. The zero-order chi connectivity index (χ0) is 41.9. The first kappa shape index (κ1) is 46.2. The molecule has 308 valence electrons. The Hall–Kier alpha value is -4.20. The molecular formula is C48H70N2O6. The summed E-state index contributed by atoms with van der Waals surface area (Å²) >= 11 is 0.